The van der Waals surface area contributed by atoms with Gasteiger partial charge in [0, 0.05) is 11.8 Å². The maximum atomic E-state index is 12.9. The summed E-state index contributed by atoms with van der Waals surface area (Å²) in [5.41, 5.74) is 3.94. The van der Waals surface area contributed by atoms with Crippen LogP contribution in [0.3, 0.4) is 0 Å². The molecule has 2 rings (SSSR count). The zero-order chi connectivity index (χ0) is 10.8. The molecule has 0 saturated carbocycles. The van der Waals surface area contributed by atoms with Gasteiger partial charge < -0.3 is 0 Å². The van der Waals surface area contributed by atoms with Crippen molar-refractivity contribution in [3.63, 3.8) is 0 Å². The Bertz CT molecular complexity index is 492. The number of benzene rings is 1. The molecule has 0 amide bonds. The first-order chi connectivity index (χ1) is 7.18. The maximum Gasteiger partial charge on any atom is 0.123 e. The van der Waals surface area contributed by atoms with E-state index in [0.29, 0.717) is 0 Å². The maximum absolute atomic E-state index is 12.9. The van der Waals surface area contributed by atoms with Crippen LogP contribution in [0, 0.1) is 19.7 Å². The van der Waals surface area contributed by atoms with Crippen molar-refractivity contribution in [1.82, 2.24) is 4.98 Å². The first-order valence-corrected chi connectivity index (χ1v) is 4.86. The fourth-order valence-corrected chi connectivity index (χ4v) is 1.66. The molecule has 0 aliphatic rings. The summed E-state index contributed by atoms with van der Waals surface area (Å²) in [5, 5.41) is 0. The molecule has 0 aliphatic heterocycles. The first kappa shape index (κ1) is 9.84. The summed E-state index contributed by atoms with van der Waals surface area (Å²) >= 11 is 0. The predicted octanol–water partition coefficient (Wildman–Crippen LogP) is 3.50. The summed E-state index contributed by atoms with van der Waals surface area (Å²) in [4.78, 5) is 4.32. The van der Waals surface area contributed by atoms with Gasteiger partial charge in [0.15, 0.2) is 0 Å². The smallest absolute Gasteiger partial charge is 0.123 e. The minimum absolute atomic E-state index is 0.204. The Kier molecular flexibility index (Phi) is 2.50. The topological polar surface area (TPSA) is 12.9 Å². The molecular formula is C13H12FN. The summed E-state index contributed by atoms with van der Waals surface area (Å²) in [6.45, 7) is 3.90. The van der Waals surface area contributed by atoms with E-state index in [1.54, 1.807) is 12.3 Å². The van der Waals surface area contributed by atoms with Crippen molar-refractivity contribution in [2.75, 3.05) is 0 Å². The summed E-state index contributed by atoms with van der Waals surface area (Å²) in [6, 6.07) is 8.68. The van der Waals surface area contributed by atoms with E-state index in [4.69, 9.17) is 0 Å². The van der Waals surface area contributed by atoms with Crippen molar-refractivity contribution in [3.05, 3.63) is 53.5 Å². The zero-order valence-corrected chi connectivity index (χ0v) is 8.79. The summed E-state index contributed by atoms with van der Waals surface area (Å²) < 4.78 is 12.9. The van der Waals surface area contributed by atoms with Crippen molar-refractivity contribution < 1.29 is 4.39 Å². The van der Waals surface area contributed by atoms with Gasteiger partial charge in [0.2, 0.25) is 0 Å². The molecule has 0 fully saturated rings. The molecule has 1 nitrogen and oxygen atoms in total. The Morgan fingerprint density at radius 2 is 1.87 bits per heavy atom. The Morgan fingerprint density at radius 3 is 2.53 bits per heavy atom. The molecule has 0 aliphatic carbocycles. The van der Waals surface area contributed by atoms with Gasteiger partial charge in [-0.05, 0) is 49.2 Å². The molecule has 0 N–H and O–H groups in total. The highest BCUT2D eigenvalue weighted by atomic mass is 19.1. The molecule has 76 valence electrons. The van der Waals surface area contributed by atoms with E-state index in [2.05, 4.69) is 4.98 Å². The van der Waals surface area contributed by atoms with Crippen LogP contribution < -0.4 is 0 Å². The first-order valence-electron chi connectivity index (χ1n) is 4.86. The molecule has 1 heterocycles. The number of halogens is 1. The fourth-order valence-electron chi connectivity index (χ4n) is 1.66. The van der Waals surface area contributed by atoms with Gasteiger partial charge in [-0.3, -0.25) is 4.98 Å². The normalized spacial score (nSPS) is 10.3. The summed E-state index contributed by atoms with van der Waals surface area (Å²) in [7, 11) is 0. The highest BCUT2D eigenvalue weighted by molar-refractivity contribution is 5.66. The number of hydrogen-bond acceptors (Lipinski definition) is 1. The van der Waals surface area contributed by atoms with Crippen molar-refractivity contribution >= 4 is 0 Å². The lowest BCUT2D eigenvalue weighted by molar-refractivity contribution is 0.627. The van der Waals surface area contributed by atoms with Crippen molar-refractivity contribution in [1.29, 1.82) is 0 Å². The second-order valence-electron chi connectivity index (χ2n) is 3.63. The number of nitrogens with zero attached hydrogens (tertiary/aromatic N) is 1. The van der Waals surface area contributed by atoms with E-state index in [-0.39, 0.29) is 5.82 Å². The fraction of sp³-hybridized carbons (Fsp3) is 0.154. The van der Waals surface area contributed by atoms with Gasteiger partial charge in [0.25, 0.3) is 0 Å². The molecule has 2 heteroatoms. The molecule has 0 unspecified atom stereocenters. The highest BCUT2D eigenvalue weighted by Crippen LogP contribution is 2.24. The van der Waals surface area contributed by atoms with Gasteiger partial charge in [0.1, 0.15) is 5.82 Å². The van der Waals surface area contributed by atoms with Gasteiger partial charge in [-0.2, -0.15) is 0 Å². The average Bonchev–Trinajstić information content (AvgIpc) is 2.20. The molecule has 0 atom stereocenters. The van der Waals surface area contributed by atoms with E-state index in [1.807, 2.05) is 26.0 Å². The minimum atomic E-state index is -0.204. The van der Waals surface area contributed by atoms with Crippen LogP contribution in [0.1, 0.15) is 11.1 Å². The Labute approximate surface area is 88.6 Å². The van der Waals surface area contributed by atoms with Crippen LogP contribution in [0.5, 0.6) is 0 Å². The number of pyridine rings is 1. The molecule has 0 saturated heterocycles. The Balaban J connectivity index is 2.60. The van der Waals surface area contributed by atoms with Gasteiger partial charge in [0.05, 0.1) is 5.69 Å². The zero-order valence-electron chi connectivity index (χ0n) is 8.79. The second-order valence-corrected chi connectivity index (χ2v) is 3.63. The Hall–Kier alpha value is -1.70. The van der Waals surface area contributed by atoms with Crippen LogP contribution in [0.4, 0.5) is 4.39 Å². The largest absolute Gasteiger partial charge is 0.256 e. The number of aromatic nitrogens is 1. The lowest BCUT2D eigenvalue weighted by Crippen LogP contribution is -1.90. The molecular weight excluding hydrogens is 189 g/mol. The predicted molar refractivity (Wildman–Crippen MR) is 59.1 cm³/mol. The molecule has 0 bridgehead atoms. The SMILES string of the molecule is Cc1cc(F)ccc1-c1ncccc1C. The molecule has 1 aromatic carbocycles. The third-order valence-electron chi connectivity index (χ3n) is 2.45. The van der Waals surface area contributed by atoms with E-state index in [9.17, 15) is 4.39 Å². The van der Waals surface area contributed by atoms with Crippen molar-refractivity contribution in [2.24, 2.45) is 0 Å². The highest BCUT2D eigenvalue weighted by Gasteiger charge is 2.06. The molecule has 15 heavy (non-hydrogen) atoms. The van der Waals surface area contributed by atoms with Crippen molar-refractivity contribution in [3.8, 4) is 11.3 Å². The van der Waals surface area contributed by atoms with E-state index < -0.39 is 0 Å². The molecule has 2 aromatic rings. The van der Waals surface area contributed by atoms with Crippen LogP contribution in [0.15, 0.2) is 36.5 Å². The standard InChI is InChI=1S/C13H12FN/c1-9-4-3-7-15-13(9)12-6-5-11(14)8-10(12)2/h3-8H,1-2H3. The lowest BCUT2D eigenvalue weighted by Gasteiger charge is -2.07. The van der Waals surface area contributed by atoms with Crippen LogP contribution in [-0.4, -0.2) is 4.98 Å². The van der Waals surface area contributed by atoms with E-state index >= 15 is 0 Å². The van der Waals surface area contributed by atoms with Gasteiger partial charge in [-0.15, -0.1) is 0 Å². The van der Waals surface area contributed by atoms with Gasteiger partial charge >= 0.3 is 0 Å². The summed E-state index contributed by atoms with van der Waals surface area (Å²) in [6.07, 6.45) is 1.76. The van der Waals surface area contributed by atoms with Crippen LogP contribution in [-0.2, 0) is 0 Å². The van der Waals surface area contributed by atoms with E-state index in [1.165, 1.54) is 12.1 Å². The minimum Gasteiger partial charge on any atom is -0.256 e. The third-order valence-corrected chi connectivity index (χ3v) is 2.45. The van der Waals surface area contributed by atoms with Crippen LogP contribution >= 0.6 is 0 Å². The molecule has 0 radical (unpaired) electrons. The van der Waals surface area contributed by atoms with E-state index in [0.717, 1.165) is 22.4 Å². The number of aryl methyl sites for hydroxylation is 2. The Morgan fingerprint density at radius 1 is 1.07 bits per heavy atom. The van der Waals surface area contributed by atoms with Gasteiger partial charge in [-0.1, -0.05) is 6.07 Å². The van der Waals surface area contributed by atoms with Crippen LogP contribution in [0.2, 0.25) is 0 Å². The molecule has 1 aromatic heterocycles. The quantitative estimate of drug-likeness (QED) is 0.688. The monoisotopic (exact) mass is 201 g/mol. The van der Waals surface area contributed by atoms with Crippen LogP contribution in [0.25, 0.3) is 11.3 Å². The third kappa shape index (κ3) is 1.89. The van der Waals surface area contributed by atoms with Crippen molar-refractivity contribution in [2.45, 2.75) is 13.8 Å². The lowest BCUT2D eigenvalue weighted by atomic mass is 10.0. The number of hydrogen-bond donors (Lipinski definition) is 0. The average molecular weight is 201 g/mol. The summed E-state index contributed by atoms with van der Waals surface area (Å²) in [5.74, 6) is -0.204. The van der Waals surface area contributed by atoms with Gasteiger partial charge in [-0.25, -0.2) is 4.39 Å². The second kappa shape index (κ2) is 3.81. The molecule has 0 spiro atoms. The number of rotatable bonds is 1.